The molecule has 1 saturated heterocycles. The van der Waals surface area contributed by atoms with Gasteiger partial charge in [-0.25, -0.2) is 19.7 Å². The van der Waals surface area contributed by atoms with E-state index in [2.05, 4.69) is 39.8 Å². The maximum atomic E-state index is 13.6. The fourth-order valence-electron chi connectivity index (χ4n) is 6.15. The van der Waals surface area contributed by atoms with E-state index < -0.39 is 12.1 Å². The number of rotatable bonds is 11. The van der Waals surface area contributed by atoms with Crippen molar-refractivity contribution in [2.75, 3.05) is 28.2 Å². The number of aromatic nitrogens is 3. The van der Waals surface area contributed by atoms with E-state index in [1.165, 1.54) is 23.0 Å². The lowest BCUT2D eigenvalue weighted by Crippen LogP contribution is -2.43. The molecule has 0 radical (unpaired) electrons. The number of fused-ring (bicyclic) bond motifs is 1. The summed E-state index contributed by atoms with van der Waals surface area (Å²) < 4.78 is 5.48. The number of hydrogen-bond donors (Lipinski definition) is 4. The summed E-state index contributed by atoms with van der Waals surface area (Å²) in [4.78, 5) is 56.6. The average Bonchev–Trinajstić information content (AvgIpc) is 3.70. The molecule has 13 heteroatoms. The largest absolute Gasteiger partial charge is 0.445 e. The molecule has 1 aliphatic rings. The van der Waals surface area contributed by atoms with E-state index in [0.29, 0.717) is 59.2 Å². The number of likely N-dealkylation sites (tertiary alicyclic amines) is 1. The zero-order valence-electron chi connectivity index (χ0n) is 30.4. The summed E-state index contributed by atoms with van der Waals surface area (Å²) in [5, 5.41) is 10.0. The van der Waals surface area contributed by atoms with Crippen molar-refractivity contribution in [3.63, 3.8) is 0 Å². The Morgan fingerprint density at radius 3 is 2.38 bits per heavy atom. The van der Waals surface area contributed by atoms with Gasteiger partial charge in [0.2, 0.25) is 5.91 Å². The van der Waals surface area contributed by atoms with Gasteiger partial charge in [0.15, 0.2) is 5.65 Å². The molecule has 55 heavy (non-hydrogen) atoms. The molecule has 0 bridgehead atoms. The normalized spacial score (nSPS) is 13.8. The van der Waals surface area contributed by atoms with Gasteiger partial charge >= 0.3 is 6.09 Å². The summed E-state index contributed by atoms with van der Waals surface area (Å²) in [5.41, 5.74) is 11.1. The van der Waals surface area contributed by atoms with Crippen LogP contribution in [0.25, 0.3) is 11.0 Å². The fraction of sp³-hybridized carbons (Fsp3) is 0.190. The van der Waals surface area contributed by atoms with Crippen LogP contribution in [0.4, 0.5) is 33.4 Å². The Morgan fingerprint density at radius 2 is 1.64 bits per heavy atom. The van der Waals surface area contributed by atoms with Gasteiger partial charge in [0.25, 0.3) is 5.91 Å². The van der Waals surface area contributed by atoms with Gasteiger partial charge in [0.05, 0.1) is 11.1 Å². The Balaban J connectivity index is 1.04. The van der Waals surface area contributed by atoms with E-state index in [0.717, 1.165) is 26.4 Å². The number of carbonyl (C=O) groups is 3. The SMILES string of the molecule is CC(C)c1ccc2c(Nc3cc(C(=O)Nc4ccc(NC(=O)C5CCCN5C(=O)OCc5ccccc5)cc4)ccc3Sc3ccc(N)cc3)ncnc2n1. The van der Waals surface area contributed by atoms with Crippen LogP contribution in [0.15, 0.2) is 125 Å². The molecule has 278 valence electrons. The van der Waals surface area contributed by atoms with Crippen LogP contribution in [-0.2, 0) is 16.1 Å². The van der Waals surface area contributed by atoms with Gasteiger partial charge in [-0.15, -0.1) is 0 Å². The minimum Gasteiger partial charge on any atom is -0.445 e. The van der Waals surface area contributed by atoms with E-state index in [4.69, 9.17) is 15.5 Å². The van der Waals surface area contributed by atoms with Gasteiger partial charge in [-0.2, -0.15) is 0 Å². The van der Waals surface area contributed by atoms with Crippen LogP contribution < -0.4 is 21.7 Å². The molecule has 12 nitrogen and oxygen atoms in total. The Labute approximate surface area is 322 Å². The molecule has 1 unspecified atom stereocenters. The number of nitrogens with zero attached hydrogens (tertiary/aromatic N) is 4. The summed E-state index contributed by atoms with van der Waals surface area (Å²) in [6.45, 7) is 4.74. The smallest absolute Gasteiger partial charge is 0.410 e. The summed E-state index contributed by atoms with van der Waals surface area (Å²) in [6, 6.07) is 32.6. The molecular weight excluding hydrogens is 713 g/mol. The van der Waals surface area contributed by atoms with E-state index in [9.17, 15) is 14.4 Å². The highest BCUT2D eigenvalue weighted by atomic mass is 32.2. The highest BCUT2D eigenvalue weighted by Gasteiger charge is 2.35. The van der Waals surface area contributed by atoms with Crippen molar-refractivity contribution in [2.24, 2.45) is 0 Å². The number of benzene rings is 4. The van der Waals surface area contributed by atoms with Crippen molar-refractivity contribution >= 4 is 69.3 Å². The Hall–Kier alpha value is -6.47. The number of pyridine rings is 1. The molecule has 3 amide bonds. The Kier molecular flexibility index (Phi) is 11.2. The second-order valence-electron chi connectivity index (χ2n) is 13.4. The van der Waals surface area contributed by atoms with Gasteiger partial charge in [0, 0.05) is 44.7 Å². The van der Waals surface area contributed by atoms with Crippen LogP contribution in [0.2, 0.25) is 0 Å². The van der Waals surface area contributed by atoms with Crippen LogP contribution in [0, 0.1) is 0 Å². The quantitative estimate of drug-likeness (QED) is 0.0942. The molecule has 0 aliphatic carbocycles. The highest BCUT2D eigenvalue weighted by molar-refractivity contribution is 7.99. The number of carbonyl (C=O) groups excluding carboxylic acids is 3. The lowest BCUT2D eigenvalue weighted by atomic mass is 10.1. The lowest BCUT2D eigenvalue weighted by Gasteiger charge is -2.23. The molecule has 4 aromatic carbocycles. The van der Waals surface area contributed by atoms with Gasteiger partial charge in [0.1, 0.15) is 24.8 Å². The van der Waals surface area contributed by atoms with Crippen LogP contribution in [0.1, 0.15) is 54.2 Å². The van der Waals surface area contributed by atoms with Crippen molar-refractivity contribution in [3.05, 3.63) is 132 Å². The van der Waals surface area contributed by atoms with E-state index in [-0.39, 0.29) is 24.3 Å². The fourth-order valence-corrected chi connectivity index (χ4v) is 7.03. The zero-order valence-corrected chi connectivity index (χ0v) is 31.2. The Bertz CT molecular complexity index is 2320. The third-order valence-electron chi connectivity index (χ3n) is 9.12. The van der Waals surface area contributed by atoms with Crippen LogP contribution in [0.5, 0.6) is 0 Å². The number of hydrogen-bond acceptors (Lipinski definition) is 10. The van der Waals surface area contributed by atoms with Crippen molar-refractivity contribution in [1.82, 2.24) is 19.9 Å². The van der Waals surface area contributed by atoms with Crippen LogP contribution in [0.3, 0.4) is 0 Å². The number of nitrogen functional groups attached to an aromatic ring is 1. The molecule has 0 saturated carbocycles. The molecular formula is C42H40N8O4S. The number of anilines is 5. The van der Waals surface area contributed by atoms with E-state index in [1.54, 1.807) is 36.4 Å². The van der Waals surface area contributed by atoms with Crippen molar-refractivity contribution in [1.29, 1.82) is 0 Å². The molecule has 5 N–H and O–H groups in total. The summed E-state index contributed by atoms with van der Waals surface area (Å²) in [7, 11) is 0. The van der Waals surface area contributed by atoms with Crippen molar-refractivity contribution in [2.45, 2.75) is 55.0 Å². The summed E-state index contributed by atoms with van der Waals surface area (Å²) in [5.74, 6) is 0.187. The first-order valence-corrected chi connectivity index (χ1v) is 18.8. The molecule has 0 spiro atoms. The van der Waals surface area contributed by atoms with Gasteiger partial charge in [-0.1, -0.05) is 55.9 Å². The maximum absolute atomic E-state index is 13.6. The summed E-state index contributed by atoms with van der Waals surface area (Å²) >= 11 is 1.52. The molecule has 6 aromatic rings. The average molecular weight is 753 g/mol. The van der Waals surface area contributed by atoms with E-state index >= 15 is 0 Å². The Morgan fingerprint density at radius 1 is 0.891 bits per heavy atom. The monoisotopic (exact) mass is 752 g/mol. The van der Waals surface area contributed by atoms with Gasteiger partial charge in [-0.3, -0.25) is 14.5 Å². The number of nitrogens with two attached hydrogens (primary N) is 1. The van der Waals surface area contributed by atoms with E-state index in [1.807, 2.05) is 72.8 Å². The van der Waals surface area contributed by atoms with Crippen molar-refractivity contribution in [3.8, 4) is 0 Å². The first-order chi connectivity index (χ1) is 26.7. The number of amides is 3. The molecule has 1 atom stereocenters. The third-order valence-corrected chi connectivity index (χ3v) is 10.2. The van der Waals surface area contributed by atoms with Crippen LogP contribution >= 0.6 is 11.8 Å². The predicted molar refractivity (Wildman–Crippen MR) is 216 cm³/mol. The number of nitrogens with one attached hydrogen (secondary N) is 3. The zero-order chi connectivity index (χ0) is 38.3. The second kappa shape index (κ2) is 16.7. The molecule has 7 rings (SSSR count). The second-order valence-corrected chi connectivity index (χ2v) is 14.5. The lowest BCUT2D eigenvalue weighted by molar-refractivity contribution is -0.120. The molecule has 3 heterocycles. The summed E-state index contributed by atoms with van der Waals surface area (Å²) in [6.07, 6.45) is 2.20. The number of ether oxygens (including phenoxy) is 1. The minimum absolute atomic E-state index is 0.137. The van der Waals surface area contributed by atoms with Gasteiger partial charge in [-0.05, 0) is 103 Å². The first kappa shape index (κ1) is 36.9. The molecule has 1 aliphatic heterocycles. The topological polar surface area (TPSA) is 164 Å². The predicted octanol–water partition coefficient (Wildman–Crippen LogP) is 8.62. The first-order valence-electron chi connectivity index (χ1n) is 18.0. The molecule has 1 fully saturated rings. The standard InChI is InChI=1S/C42H40N8O4S/c1-26(2)34-20-19-33-38(48-34)44-25-45-39(33)49-35-23-28(10-21-37(35)55-32-17-11-29(43)12-18-32)40(51)46-30-13-15-31(16-14-30)47-41(52)36-9-6-22-50(36)42(53)54-24-27-7-4-3-5-8-27/h3-5,7-8,10-21,23,25-26,36H,6,9,22,24,43H2,1-2H3,(H,46,51)(H,47,52)(H,44,45,48,49). The molecule has 2 aromatic heterocycles. The third kappa shape index (κ3) is 9.02. The highest BCUT2D eigenvalue weighted by Crippen LogP contribution is 2.37. The van der Waals surface area contributed by atoms with Crippen LogP contribution in [-0.4, -0.2) is 50.3 Å². The van der Waals surface area contributed by atoms with Gasteiger partial charge < -0.3 is 26.4 Å². The minimum atomic E-state index is -0.638. The maximum Gasteiger partial charge on any atom is 0.410 e. The van der Waals surface area contributed by atoms with Crippen molar-refractivity contribution < 1.29 is 19.1 Å².